The highest BCUT2D eigenvalue weighted by atomic mass is 19.1. The lowest BCUT2D eigenvalue weighted by Gasteiger charge is -2.13. The minimum absolute atomic E-state index is 0.0914. The van der Waals surface area contributed by atoms with E-state index < -0.39 is 0 Å². The van der Waals surface area contributed by atoms with Gasteiger partial charge in [-0.15, -0.1) is 0 Å². The summed E-state index contributed by atoms with van der Waals surface area (Å²) in [6.07, 6.45) is 2.98. The van der Waals surface area contributed by atoms with E-state index >= 15 is 0 Å². The van der Waals surface area contributed by atoms with Gasteiger partial charge in [-0.25, -0.2) is 4.39 Å². The fourth-order valence-electron chi connectivity index (χ4n) is 2.91. The van der Waals surface area contributed by atoms with Crippen LogP contribution in [-0.2, 0) is 13.5 Å². The van der Waals surface area contributed by atoms with Gasteiger partial charge in [0.05, 0.1) is 5.52 Å². The van der Waals surface area contributed by atoms with E-state index in [0.717, 1.165) is 36.8 Å². The van der Waals surface area contributed by atoms with Gasteiger partial charge in [0.25, 0.3) is 5.56 Å². The predicted octanol–water partition coefficient (Wildman–Crippen LogP) is 1.97. The summed E-state index contributed by atoms with van der Waals surface area (Å²) in [6, 6.07) is 7.13. The normalized spacial score (nSPS) is 19.2. The third-order valence-electron chi connectivity index (χ3n) is 3.89. The summed E-state index contributed by atoms with van der Waals surface area (Å²) in [5.41, 5.74) is 1.06. The molecule has 0 radical (unpaired) electrons. The number of nitrogens with zero attached hydrogens (tertiary/aromatic N) is 1. The van der Waals surface area contributed by atoms with E-state index in [1.54, 1.807) is 13.1 Å². The van der Waals surface area contributed by atoms with Crippen LogP contribution in [0.25, 0.3) is 10.9 Å². The van der Waals surface area contributed by atoms with Crippen molar-refractivity contribution in [1.29, 1.82) is 0 Å². The Kier molecular flexibility index (Phi) is 3.11. The molecule has 0 bridgehead atoms. The molecular weight excluding hydrogens is 243 g/mol. The van der Waals surface area contributed by atoms with Crippen LogP contribution in [-0.4, -0.2) is 17.2 Å². The van der Waals surface area contributed by atoms with Crippen LogP contribution in [0.15, 0.2) is 29.1 Å². The summed E-state index contributed by atoms with van der Waals surface area (Å²) in [6.45, 7) is 1.02. The monoisotopic (exact) mass is 260 g/mol. The van der Waals surface area contributed by atoms with Crippen LogP contribution in [0.5, 0.6) is 0 Å². The maximum atomic E-state index is 13.8. The SMILES string of the molecule is Cn1c(=O)c(CC2CCCN2)cc2cccc(F)c21. The summed E-state index contributed by atoms with van der Waals surface area (Å²) in [5, 5.41) is 4.18. The highest BCUT2D eigenvalue weighted by molar-refractivity contribution is 5.80. The van der Waals surface area contributed by atoms with Crippen LogP contribution >= 0.6 is 0 Å². The van der Waals surface area contributed by atoms with Crippen molar-refractivity contribution >= 4 is 10.9 Å². The quantitative estimate of drug-likeness (QED) is 0.895. The van der Waals surface area contributed by atoms with Gasteiger partial charge in [-0.1, -0.05) is 12.1 Å². The Labute approximate surface area is 111 Å². The van der Waals surface area contributed by atoms with E-state index in [2.05, 4.69) is 5.32 Å². The first kappa shape index (κ1) is 12.4. The number of aromatic nitrogens is 1. The molecule has 3 nitrogen and oxygen atoms in total. The number of para-hydroxylation sites is 1. The average Bonchev–Trinajstić information content (AvgIpc) is 2.88. The van der Waals surface area contributed by atoms with E-state index in [9.17, 15) is 9.18 Å². The number of halogens is 1. The van der Waals surface area contributed by atoms with Crippen LogP contribution < -0.4 is 10.9 Å². The van der Waals surface area contributed by atoms with Gasteiger partial charge in [0.15, 0.2) is 0 Å². The minimum Gasteiger partial charge on any atom is -0.314 e. The number of rotatable bonds is 2. The van der Waals surface area contributed by atoms with Gasteiger partial charge in [-0.05, 0) is 37.9 Å². The molecule has 0 saturated carbocycles. The van der Waals surface area contributed by atoms with Gasteiger partial charge >= 0.3 is 0 Å². The fourth-order valence-corrected chi connectivity index (χ4v) is 2.91. The Balaban J connectivity index is 2.10. The third-order valence-corrected chi connectivity index (χ3v) is 3.89. The summed E-state index contributed by atoms with van der Waals surface area (Å²) < 4.78 is 15.2. The average molecular weight is 260 g/mol. The Morgan fingerprint density at radius 2 is 2.32 bits per heavy atom. The van der Waals surface area contributed by atoms with Crippen molar-refractivity contribution in [2.75, 3.05) is 6.54 Å². The molecule has 1 aliphatic heterocycles. The summed E-state index contributed by atoms with van der Waals surface area (Å²) in [4.78, 5) is 12.3. The van der Waals surface area contributed by atoms with Gasteiger partial charge in [0.1, 0.15) is 5.82 Å². The standard InChI is InChI=1S/C15H17FN2O/c1-18-14-10(4-2-6-13(14)16)8-11(15(18)19)9-12-5-3-7-17-12/h2,4,6,8,12,17H,3,5,7,9H2,1H3. The molecule has 2 aromatic rings. The van der Waals surface area contributed by atoms with Gasteiger partial charge in [0, 0.05) is 24.0 Å². The lowest BCUT2D eigenvalue weighted by atomic mass is 10.0. The van der Waals surface area contributed by atoms with Crippen LogP contribution in [0, 0.1) is 5.82 Å². The topological polar surface area (TPSA) is 34.0 Å². The zero-order valence-electron chi connectivity index (χ0n) is 10.9. The van der Waals surface area contributed by atoms with Crippen molar-refractivity contribution in [1.82, 2.24) is 9.88 Å². The lowest BCUT2D eigenvalue weighted by Crippen LogP contribution is -2.29. The molecule has 3 rings (SSSR count). The van der Waals surface area contributed by atoms with Crippen molar-refractivity contribution in [2.45, 2.75) is 25.3 Å². The molecule has 1 N–H and O–H groups in total. The maximum Gasteiger partial charge on any atom is 0.254 e. The molecule has 1 aliphatic rings. The molecule has 0 aliphatic carbocycles. The number of hydrogen-bond donors (Lipinski definition) is 1. The van der Waals surface area contributed by atoms with Crippen LogP contribution in [0.4, 0.5) is 4.39 Å². The number of fused-ring (bicyclic) bond motifs is 1. The second-order valence-corrected chi connectivity index (χ2v) is 5.21. The summed E-state index contributed by atoms with van der Waals surface area (Å²) >= 11 is 0. The van der Waals surface area contributed by atoms with Gasteiger partial charge < -0.3 is 9.88 Å². The van der Waals surface area contributed by atoms with Crippen LogP contribution in [0.2, 0.25) is 0 Å². The Morgan fingerprint density at radius 3 is 3.05 bits per heavy atom. The zero-order chi connectivity index (χ0) is 13.4. The van der Waals surface area contributed by atoms with Crippen molar-refractivity contribution < 1.29 is 4.39 Å². The van der Waals surface area contributed by atoms with Gasteiger partial charge in [-0.2, -0.15) is 0 Å². The molecule has 1 unspecified atom stereocenters. The molecule has 100 valence electrons. The number of hydrogen-bond acceptors (Lipinski definition) is 2. The molecule has 1 atom stereocenters. The number of nitrogens with one attached hydrogen (secondary N) is 1. The largest absolute Gasteiger partial charge is 0.314 e. The van der Waals surface area contributed by atoms with E-state index in [1.165, 1.54) is 10.6 Å². The molecule has 19 heavy (non-hydrogen) atoms. The van der Waals surface area contributed by atoms with E-state index in [1.807, 2.05) is 12.1 Å². The molecule has 4 heteroatoms. The highest BCUT2D eigenvalue weighted by Gasteiger charge is 2.17. The predicted molar refractivity (Wildman–Crippen MR) is 73.9 cm³/mol. The first-order valence-electron chi connectivity index (χ1n) is 6.67. The fraction of sp³-hybridized carbons (Fsp3) is 0.400. The minimum atomic E-state index is -0.345. The maximum absolute atomic E-state index is 13.8. The van der Waals surface area contributed by atoms with Crippen molar-refractivity contribution in [2.24, 2.45) is 7.05 Å². The summed E-state index contributed by atoms with van der Waals surface area (Å²) in [7, 11) is 1.64. The molecule has 1 aromatic heterocycles. The van der Waals surface area contributed by atoms with Gasteiger partial charge in [-0.3, -0.25) is 4.79 Å². The molecule has 0 amide bonds. The Hall–Kier alpha value is -1.68. The van der Waals surface area contributed by atoms with E-state index in [4.69, 9.17) is 0 Å². The van der Waals surface area contributed by atoms with E-state index in [0.29, 0.717) is 11.6 Å². The second kappa shape index (κ2) is 4.78. The van der Waals surface area contributed by atoms with Crippen molar-refractivity contribution in [3.8, 4) is 0 Å². The number of benzene rings is 1. The second-order valence-electron chi connectivity index (χ2n) is 5.21. The molecule has 1 fully saturated rings. The first-order chi connectivity index (χ1) is 9.16. The highest BCUT2D eigenvalue weighted by Crippen LogP contribution is 2.18. The van der Waals surface area contributed by atoms with Crippen molar-refractivity contribution in [3.63, 3.8) is 0 Å². The Bertz CT molecular complexity index is 672. The van der Waals surface area contributed by atoms with Crippen molar-refractivity contribution in [3.05, 3.63) is 46.0 Å². The number of aryl methyl sites for hydroxylation is 1. The third kappa shape index (κ3) is 2.16. The molecule has 0 spiro atoms. The smallest absolute Gasteiger partial charge is 0.254 e. The van der Waals surface area contributed by atoms with E-state index in [-0.39, 0.29) is 11.4 Å². The molecule has 1 saturated heterocycles. The lowest BCUT2D eigenvalue weighted by molar-refractivity contribution is 0.596. The number of pyridine rings is 1. The van der Waals surface area contributed by atoms with Crippen LogP contribution in [0.3, 0.4) is 0 Å². The Morgan fingerprint density at radius 1 is 1.47 bits per heavy atom. The zero-order valence-corrected chi connectivity index (χ0v) is 10.9. The summed E-state index contributed by atoms with van der Waals surface area (Å²) in [5.74, 6) is -0.345. The van der Waals surface area contributed by atoms with Gasteiger partial charge in [0.2, 0.25) is 0 Å². The molecule has 1 aromatic carbocycles. The first-order valence-corrected chi connectivity index (χ1v) is 6.67. The van der Waals surface area contributed by atoms with Crippen LogP contribution in [0.1, 0.15) is 18.4 Å². The molecule has 2 heterocycles. The molecular formula is C15H17FN2O.